The number of carbonyl (C=O) groups is 2. The first kappa shape index (κ1) is 14.6. The number of benzene rings is 1. The minimum atomic E-state index is -1.05. The number of amides is 1. The van der Waals surface area contributed by atoms with Crippen molar-refractivity contribution in [3.05, 3.63) is 47.8 Å². The lowest BCUT2D eigenvalue weighted by Crippen LogP contribution is -2.21. The van der Waals surface area contributed by atoms with Gasteiger partial charge in [0.05, 0.1) is 12.8 Å². The van der Waals surface area contributed by atoms with Crippen molar-refractivity contribution in [2.75, 3.05) is 12.4 Å². The maximum Gasteiger partial charge on any atom is 0.352 e. The van der Waals surface area contributed by atoms with E-state index in [-0.39, 0.29) is 18.1 Å². The zero-order valence-corrected chi connectivity index (χ0v) is 11.8. The number of aromatic nitrogens is 1. The topological polar surface area (TPSA) is 80.6 Å². The van der Waals surface area contributed by atoms with E-state index in [1.807, 2.05) is 0 Å². The van der Waals surface area contributed by atoms with Gasteiger partial charge in [-0.25, -0.2) is 4.79 Å². The highest BCUT2D eigenvalue weighted by molar-refractivity contribution is 5.93. The van der Waals surface area contributed by atoms with Crippen LogP contribution < -0.4 is 10.1 Å². The Morgan fingerprint density at radius 1 is 1.29 bits per heavy atom. The molecule has 1 aromatic carbocycles. The maximum atomic E-state index is 12.1. The van der Waals surface area contributed by atoms with Crippen molar-refractivity contribution < 1.29 is 19.4 Å². The van der Waals surface area contributed by atoms with Crippen LogP contribution in [-0.2, 0) is 11.3 Å². The Morgan fingerprint density at radius 3 is 2.67 bits per heavy atom. The van der Waals surface area contributed by atoms with Gasteiger partial charge in [-0.3, -0.25) is 4.79 Å². The number of methoxy groups -OCH3 is 1. The number of ether oxygens (including phenoxy) is 1. The van der Waals surface area contributed by atoms with Crippen LogP contribution in [0.1, 0.15) is 16.1 Å². The first-order valence-corrected chi connectivity index (χ1v) is 6.35. The summed E-state index contributed by atoms with van der Waals surface area (Å²) < 4.78 is 6.55. The molecule has 1 amide bonds. The summed E-state index contributed by atoms with van der Waals surface area (Å²) in [5, 5.41) is 11.9. The van der Waals surface area contributed by atoms with Gasteiger partial charge in [0, 0.05) is 6.20 Å². The van der Waals surface area contributed by atoms with E-state index in [9.17, 15) is 9.59 Å². The van der Waals surface area contributed by atoms with E-state index in [2.05, 4.69) is 5.32 Å². The van der Waals surface area contributed by atoms with E-state index >= 15 is 0 Å². The quantitative estimate of drug-likeness (QED) is 0.883. The van der Waals surface area contributed by atoms with Crippen LogP contribution in [0.2, 0.25) is 0 Å². The van der Waals surface area contributed by atoms with Gasteiger partial charge in [0.2, 0.25) is 5.91 Å². The lowest BCUT2D eigenvalue weighted by atomic mass is 10.2. The molecule has 0 bridgehead atoms. The van der Waals surface area contributed by atoms with Gasteiger partial charge in [-0.15, -0.1) is 0 Å². The van der Waals surface area contributed by atoms with Crippen LogP contribution in [-0.4, -0.2) is 28.7 Å². The second-order valence-electron chi connectivity index (χ2n) is 4.53. The van der Waals surface area contributed by atoms with E-state index in [0.29, 0.717) is 17.0 Å². The lowest BCUT2D eigenvalue weighted by Gasteiger charge is -2.11. The minimum absolute atomic E-state index is 0.0759. The van der Waals surface area contributed by atoms with Crippen LogP contribution in [0.5, 0.6) is 5.75 Å². The van der Waals surface area contributed by atoms with E-state index < -0.39 is 5.97 Å². The average molecular weight is 288 g/mol. The number of carbonyl (C=O) groups excluding carboxylic acids is 1. The van der Waals surface area contributed by atoms with Crippen molar-refractivity contribution in [1.82, 2.24) is 4.57 Å². The first-order valence-electron chi connectivity index (χ1n) is 6.35. The van der Waals surface area contributed by atoms with Gasteiger partial charge in [-0.05, 0) is 30.7 Å². The molecule has 0 atom stereocenters. The van der Waals surface area contributed by atoms with E-state index in [4.69, 9.17) is 9.84 Å². The molecule has 0 aliphatic rings. The third-order valence-electron chi connectivity index (χ3n) is 3.06. The SMILES string of the molecule is COc1ccccc1NC(=O)Cn1ccc(C)c1C(=O)O. The molecule has 0 saturated heterocycles. The Hall–Kier alpha value is -2.76. The molecule has 0 radical (unpaired) electrons. The van der Waals surface area contributed by atoms with Crippen molar-refractivity contribution in [2.45, 2.75) is 13.5 Å². The molecule has 1 aromatic heterocycles. The van der Waals surface area contributed by atoms with E-state index in [0.717, 1.165) is 0 Å². The van der Waals surface area contributed by atoms with Gasteiger partial charge in [-0.2, -0.15) is 0 Å². The highest BCUT2D eigenvalue weighted by Crippen LogP contribution is 2.23. The number of anilines is 1. The summed E-state index contributed by atoms with van der Waals surface area (Å²) >= 11 is 0. The molecule has 2 N–H and O–H groups in total. The van der Waals surface area contributed by atoms with Gasteiger partial charge < -0.3 is 19.7 Å². The number of rotatable bonds is 5. The van der Waals surface area contributed by atoms with Crippen LogP contribution in [0.15, 0.2) is 36.5 Å². The molecule has 0 spiro atoms. The molecule has 0 saturated carbocycles. The summed E-state index contributed by atoms with van der Waals surface area (Å²) in [5.74, 6) is -0.826. The molecule has 0 aliphatic heterocycles. The monoisotopic (exact) mass is 288 g/mol. The molecule has 0 aliphatic carbocycles. The predicted octanol–water partition coefficient (Wildman–Crippen LogP) is 2.14. The van der Waals surface area contributed by atoms with Crippen LogP contribution in [0.4, 0.5) is 5.69 Å². The van der Waals surface area contributed by atoms with Gasteiger partial charge in [0.15, 0.2) is 0 Å². The summed E-state index contributed by atoms with van der Waals surface area (Å²) in [6.45, 7) is 1.62. The Labute approximate surface area is 122 Å². The summed E-state index contributed by atoms with van der Waals surface area (Å²) in [5.41, 5.74) is 1.28. The molecule has 6 nitrogen and oxygen atoms in total. The molecular weight excluding hydrogens is 272 g/mol. The first-order chi connectivity index (χ1) is 10.0. The second-order valence-corrected chi connectivity index (χ2v) is 4.53. The number of aryl methyl sites for hydroxylation is 1. The number of carboxylic acid groups (broad SMARTS) is 1. The number of hydrogen-bond donors (Lipinski definition) is 2. The van der Waals surface area contributed by atoms with Gasteiger partial charge in [0.25, 0.3) is 0 Å². The fourth-order valence-corrected chi connectivity index (χ4v) is 2.10. The number of aromatic carboxylic acids is 1. The molecule has 2 aromatic rings. The van der Waals surface area contributed by atoms with Crippen LogP contribution in [0.3, 0.4) is 0 Å². The summed E-state index contributed by atoms with van der Waals surface area (Å²) in [4.78, 5) is 23.2. The third kappa shape index (κ3) is 3.22. The molecule has 1 heterocycles. The number of para-hydroxylation sites is 2. The lowest BCUT2D eigenvalue weighted by molar-refractivity contribution is -0.116. The van der Waals surface area contributed by atoms with E-state index in [1.165, 1.54) is 11.7 Å². The largest absolute Gasteiger partial charge is 0.495 e. The third-order valence-corrected chi connectivity index (χ3v) is 3.06. The van der Waals surface area contributed by atoms with Crippen LogP contribution >= 0.6 is 0 Å². The molecular formula is C15H16N2O4. The Balaban J connectivity index is 2.14. The summed E-state index contributed by atoms with van der Waals surface area (Å²) in [6.07, 6.45) is 1.58. The predicted molar refractivity (Wildman–Crippen MR) is 77.8 cm³/mol. The number of hydrogen-bond acceptors (Lipinski definition) is 3. The summed E-state index contributed by atoms with van der Waals surface area (Å²) in [7, 11) is 1.52. The zero-order valence-electron chi connectivity index (χ0n) is 11.8. The second kappa shape index (κ2) is 6.13. The number of carboxylic acids is 1. The van der Waals surface area contributed by atoms with Gasteiger partial charge in [0.1, 0.15) is 18.0 Å². The number of nitrogens with zero attached hydrogens (tertiary/aromatic N) is 1. The van der Waals surface area contributed by atoms with E-state index in [1.54, 1.807) is 43.5 Å². The van der Waals surface area contributed by atoms with Gasteiger partial charge >= 0.3 is 5.97 Å². The Bertz CT molecular complexity index is 676. The molecule has 21 heavy (non-hydrogen) atoms. The van der Waals surface area contributed by atoms with Crippen molar-refractivity contribution in [3.63, 3.8) is 0 Å². The van der Waals surface area contributed by atoms with Crippen LogP contribution in [0.25, 0.3) is 0 Å². The van der Waals surface area contributed by atoms with Crippen molar-refractivity contribution in [2.24, 2.45) is 0 Å². The standard InChI is InChI=1S/C15H16N2O4/c1-10-7-8-17(14(10)15(19)20)9-13(18)16-11-5-3-4-6-12(11)21-2/h3-8H,9H2,1-2H3,(H,16,18)(H,19,20). The van der Waals surface area contributed by atoms with Crippen LogP contribution in [0, 0.1) is 6.92 Å². The van der Waals surface area contributed by atoms with Gasteiger partial charge in [-0.1, -0.05) is 12.1 Å². The van der Waals surface area contributed by atoms with Crippen molar-refractivity contribution in [1.29, 1.82) is 0 Å². The maximum absolute atomic E-state index is 12.1. The van der Waals surface area contributed by atoms with Crippen molar-refractivity contribution in [3.8, 4) is 5.75 Å². The highest BCUT2D eigenvalue weighted by Gasteiger charge is 2.16. The molecule has 6 heteroatoms. The summed E-state index contributed by atoms with van der Waals surface area (Å²) in [6, 6.07) is 8.70. The molecule has 0 unspecified atom stereocenters. The minimum Gasteiger partial charge on any atom is -0.495 e. The molecule has 0 fully saturated rings. The molecule has 2 rings (SSSR count). The smallest absolute Gasteiger partial charge is 0.352 e. The Kier molecular flexibility index (Phi) is 4.27. The molecule has 110 valence electrons. The Morgan fingerprint density at radius 2 is 2.00 bits per heavy atom. The fraction of sp³-hybridized carbons (Fsp3) is 0.200. The number of nitrogens with one attached hydrogen (secondary N) is 1. The highest BCUT2D eigenvalue weighted by atomic mass is 16.5. The van der Waals surface area contributed by atoms with Crippen molar-refractivity contribution >= 4 is 17.6 Å². The normalized spacial score (nSPS) is 10.2. The fourth-order valence-electron chi connectivity index (χ4n) is 2.10. The average Bonchev–Trinajstić information content (AvgIpc) is 2.80. The zero-order chi connectivity index (χ0) is 15.4.